The number of anilines is 1. The van der Waals surface area contributed by atoms with Crippen LogP contribution in [0.15, 0.2) is 59.0 Å². The fourth-order valence-corrected chi connectivity index (χ4v) is 2.34. The molecule has 0 radical (unpaired) electrons. The van der Waals surface area contributed by atoms with Crippen LogP contribution in [0.5, 0.6) is 0 Å². The summed E-state index contributed by atoms with van der Waals surface area (Å²) in [4.78, 5) is 4.10. The molecular weight excluding hydrogens is 216 g/mol. The van der Waals surface area contributed by atoms with Crippen LogP contribution in [0, 0.1) is 0 Å². The van der Waals surface area contributed by atoms with Crippen molar-refractivity contribution in [2.75, 3.05) is 11.6 Å². The van der Waals surface area contributed by atoms with E-state index in [0.717, 1.165) is 17.1 Å². The Morgan fingerprint density at radius 1 is 1.29 bits per heavy atom. The van der Waals surface area contributed by atoms with Gasteiger partial charge in [0.05, 0.1) is 11.9 Å². The van der Waals surface area contributed by atoms with Crippen molar-refractivity contribution in [1.29, 1.82) is 0 Å². The smallest absolute Gasteiger partial charge is 0.203 e. The van der Waals surface area contributed by atoms with E-state index in [1.54, 1.807) is 6.26 Å². The van der Waals surface area contributed by atoms with E-state index in [-0.39, 0.29) is 6.23 Å². The molecule has 0 saturated heterocycles. The maximum absolute atomic E-state index is 5.63. The van der Waals surface area contributed by atoms with Crippen LogP contribution in [0.2, 0.25) is 0 Å². The standard InChI is InChI=1S/C12H10N4O/c1-2-4-10-9(3-1)12-15(5-6-17-12)7-11-14-13-8-16(10)11/h1-7,12H,8H2. The number of ether oxygens (including phenoxy) is 1. The van der Waals surface area contributed by atoms with Gasteiger partial charge in [-0.25, -0.2) is 0 Å². The molecule has 1 aromatic carbocycles. The molecule has 3 aliphatic heterocycles. The second kappa shape index (κ2) is 3.10. The average molecular weight is 226 g/mol. The van der Waals surface area contributed by atoms with E-state index in [2.05, 4.69) is 27.3 Å². The third kappa shape index (κ3) is 1.13. The summed E-state index contributed by atoms with van der Waals surface area (Å²) in [6.07, 6.45) is 5.50. The zero-order chi connectivity index (χ0) is 11.2. The first-order valence-electron chi connectivity index (χ1n) is 5.49. The molecule has 0 saturated carbocycles. The zero-order valence-electron chi connectivity index (χ0n) is 9.02. The van der Waals surface area contributed by atoms with Crippen molar-refractivity contribution >= 4 is 5.69 Å². The van der Waals surface area contributed by atoms with Gasteiger partial charge in [0.2, 0.25) is 6.23 Å². The summed E-state index contributed by atoms with van der Waals surface area (Å²) < 4.78 is 5.63. The Hall–Kier alpha value is -2.30. The lowest BCUT2D eigenvalue weighted by Crippen LogP contribution is -2.17. The lowest BCUT2D eigenvalue weighted by Gasteiger charge is -2.21. The predicted octanol–water partition coefficient (Wildman–Crippen LogP) is 2.53. The maximum atomic E-state index is 5.63. The van der Waals surface area contributed by atoms with Crippen LogP contribution in [0.1, 0.15) is 11.8 Å². The van der Waals surface area contributed by atoms with E-state index in [0.29, 0.717) is 6.67 Å². The highest BCUT2D eigenvalue weighted by molar-refractivity contribution is 5.60. The van der Waals surface area contributed by atoms with Gasteiger partial charge >= 0.3 is 0 Å². The lowest BCUT2D eigenvalue weighted by atomic mass is 10.1. The highest BCUT2D eigenvalue weighted by atomic mass is 16.5. The van der Waals surface area contributed by atoms with Crippen LogP contribution in [0.25, 0.3) is 0 Å². The summed E-state index contributed by atoms with van der Waals surface area (Å²) in [5.74, 6) is 0.857. The summed E-state index contributed by atoms with van der Waals surface area (Å²) in [5.41, 5.74) is 2.25. The van der Waals surface area contributed by atoms with Gasteiger partial charge in [0.15, 0.2) is 5.82 Å². The Morgan fingerprint density at radius 2 is 2.24 bits per heavy atom. The molecule has 0 amide bonds. The monoisotopic (exact) mass is 226 g/mol. The Labute approximate surface area is 98.3 Å². The minimum absolute atomic E-state index is 0.0838. The average Bonchev–Trinajstić information content (AvgIpc) is 2.97. The van der Waals surface area contributed by atoms with E-state index in [9.17, 15) is 0 Å². The molecule has 5 nitrogen and oxygen atoms in total. The van der Waals surface area contributed by atoms with Crippen molar-refractivity contribution in [3.05, 3.63) is 54.3 Å². The SMILES string of the molecule is C1=CN2C=C3N=NCN3c3ccccc3C2O1. The van der Waals surface area contributed by atoms with Crippen LogP contribution in [-0.2, 0) is 4.74 Å². The fourth-order valence-electron chi connectivity index (χ4n) is 2.34. The minimum atomic E-state index is -0.0838. The van der Waals surface area contributed by atoms with Gasteiger partial charge in [-0.2, -0.15) is 5.11 Å². The van der Waals surface area contributed by atoms with Gasteiger partial charge in [-0.3, -0.25) is 0 Å². The molecule has 1 aromatic rings. The van der Waals surface area contributed by atoms with Crippen LogP contribution in [0.3, 0.4) is 0 Å². The van der Waals surface area contributed by atoms with Gasteiger partial charge < -0.3 is 14.5 Å². The summed E-state index contributed by atoms with van der Waals surface area (Å²) >= 11 is 0. The van der Waals surface area contributed by atoms with E-state index >= 15 is 0 Å². The normalized spacial score (nSPS) is 23.8. The van der Waals surface area contributed by atoms with E-state index in [1.807, 2.05) is 29.4 Å². The number of rotatable bonds is 0. The Morgan fingerprint density at radius 3 is 3.24 bits per heavy atom. The van der Waals surface area contributed by atoms with Gasteiger partial charge in [0, 0.05) is 11.8 Å². The number of azo groups is 1. The number of para-hydroxylation sites is 1. The highest BCUT2D eigenvalue weighted by Gasteiger charge is 2.32. The van der Waals surface area contributed by atoms with Gasteiger partial charge in [0.25, 0.3) is 0 Å². The molecule has 3 heterocycles. The molecule has 0 aromatic heterocycles. The molecule has 3 aliphatic rings. The van der Waals surface area contributed by atoms with Crippen molar-refractivity contribution in [2.45, 2.75) is 6.23 Å². The van der Waals surface area contributed by atoms with E-state index in [1.165, 1.54) is 0 Å². The van der Waals surface area contributed by atoms with Crippen molar-refractivity contribution in [3.8, 4) is 0 Å². The summed E-state index contributed by atoms with van der Waals surface area (Å²) in [7, 11) is 0. The topological polar surface area (TPSA) is 40.4 Å². The molecule has 0 aliphatic carbocycles. The molecule has 0 bridgehead atoms. The van der Waals surface area contributed by atoms with Crippen LogP contribution >= 0.6 is 0 Å². The summed E-state index contributed by atoms with van der Waals surface area (Å²) in [5, 5.41) is 8.23. The lowest BCUT2D eigenvalue weighted by molar-refractivity contribution is 0.0859. The summed E-state index contributed by atoms with van der Waals surface area (Å²) in [6, 6.07) is 8.20. The quantitative estimate of drug-likeness (QED) is 0.682. The second-order valence-corrected chi connectivity index (χ2v) is 4.08. The molecule has 4 rings (SSSR count). The number of hydrogen-bond donors (Lipinski definition) is 0. The fraction of sp³-hybridized carbons (Fsp3) is 0.167. The number of benzene rings is 1. The zero-order valence-corrected chi connectivity index (χ0v) is 9.02. The van der Waals surface area contributed by atoms with Crippen LogP contribution < -0.4 is 4.90 Å². The Kier molecular flexibility index (Phi) is 1.61. The number of fused-ring (bicyclic) bond motifs is 5. The summed E-state index contributed by atoms with van der Waals surface area (Å²) in [6.45, 7) is 0.577. The van der Waals surface area contributed by atoms with E-state index in [4.69, 9.17) is 4.74 Å². The molecule has 5 heteroatoms. The molecular formula is C12H10N4O. The Bertz CT molecular complexity index is 563. The van der Waals surface area contributed by atoms with E-state index < -0.39 is 0 Å². The Balaban J connectivity index is 1.95. The second-order valence-electron chi connectivity index (χ2n) is 4.08. The van der Waals surface area contributed by atoms with Gasteiger partial charge in [0.1, 0.15) is 12.9 Å². The van der Waals surface area contributed by atoms with Gasteiger partial charge in [-0.15, -0.1) is 5.11 Å². The predicted molar refractivity (Wildman–Crippen MR) is 61.5 cm³/mol. The molecule has 0 N–H and O–H groups in total. The molecule has 0 fully saturated rings. The molecule has 84 valence electrons. The van der Waals surface area contributed by atoms with Crippen LogP contribution in [-0.4, -0.2) is 11.6 Å². The van der Waals surface area contributed by atoms with Crippen molar-refractivity contribution in [2.24, 2.45) is 10.2 Å². The number of nitrogens with zero attached hydrogens (tertiary/aromatic N) is 4. The first-order valence-corrected chi connectivity index (χ1v) is 5.49. The third-order valence-electron chi connectivity index (χ3n) is 3.12. The molecule has 1 unspecified atom stereocenters. The largest absolute Gasteiger partial charge is 0.472 e. The molecule has 1 atom stereocenters. The first kappa shape index (κ1) is 8.81. The van der Waals surface area contributed by atoms with Crippen molar-refractivity contribution in [1.82, 2.24) is 4.90 Å². The molecule has 17 heavy (non-hydrogen) atoms. The van der Waals surface area contributed by atoms with Crippen molar-refractivity contribution < 1.29 is 4.74 Å². The number of hydrogen-bond acceptors (Lipinski definition) is 5. The van der Waals surface area contributed by atoms with Crippen molar-refractivity contribution in [3.63, 3.8) is 0 Å². The van der Waals surface area contributed by atoms with Gasteiger partial charge in [-0.05, 0) is 6.07 Å². The molecule has 0 spiro atoms. The van der Waals surface area contributed by atoms with Gasteiger partial charge in [-0.1, -0.05) is 18.2 Å². The highest BCUT2D eigenvalue weighted by Crippen LogP contribution is 2.40. The third-order valence-corrected chi connectivity index (χ3v) is 3.12. The first-order chi connectivity index (χ1) is 8.43. The van der Waals surface area contributed by atoms with Crippen LogP contribution in [0.4, 0.5) is 5.69 Å². The minimum Gasteiger partial charge on any atom is -0.472 e. The maximum Gasteiger partial charge on any atom is 0.203 e.